The van der Waals surface area contributed by atoms with Crippen molar-refractivity contribution in [3.05, 3.63) is 29.8 Å². The second-order valence-corrected chi connectivity index (χ2v) is 9.49. The third-order valence-electron chi connectivity index (χ3n) is 5.67. The van der Waals surface area contributed by atoms with E-state index in [1.165, 1.54) is 36.3 Å². The number of amides is 3. The lowest BCUT2D eigenvalue weighted by Crippen LogP contribution is -2.65. The van der Waals surface area contributed by atoms with Crippen molar-refractivity contribution >= 4 is 27.6 Å². The van der Waals surface area contributed by atoms with Crippen molar-refractivity contribution in [1.82, 2.24) is 14.1 Å². The van der Waals surface area contributed by atoms with E-state index < -0.39 is 45.0 Å². The molecule has 2 atom stereocenters. The first-order valence-electron chi connectivity index (χ1n) is 9.31. The van der Waals surface area contributed by atoms with Gasteiger partial charge in [-0.25, -0.2) is 13.2 Å². The molecule has 2 aliphatic rings. The van der Waals surface area contributed by atoms with Crippen molar-refractivity contribution in [3.63, 3.8) is 0 Å². The smallest absolute Gasteiger partial charge is 0.369 e. The maximum absolute atomic E-state index is 13.2. The summed E-state index contributed by atoms with van der Waals surface area (Å²) in [6.07, 6.45) is -4.46. The summed E-state index contributed by atoms with van der Waals surface area (Å²) in [6.45, 7) is 1.91. The van der Waals surface area contributed by atoms with E-state index in [0.717, 1.165) is 17.0 Å². The number of carbonyl (C=O) groups is 2. The van der Waals surface area contributed by atoms with Crippen molar-refractivity contribution in [1.29, 1.82) is 0 Å². The van der Waals surface area contributed by atoms with Gasteiger partial charge in [0.2, 0.25) is 10.0 Å². The van der Waals surface area contributed by atoms with Crippen LogP contribution >= 0.6 is 0 Å². The zero-order valence-corrected chi connectivity index (χ0v) is 17.6. The highest BCUT2D eigenvalue weighted by Crippen LogP contribution is 2.32. The van der Waals surface area contributed by atoms with E-state index in [1.807, 2.05) is 0 Å². The fourth-order valence-corrected chi connectivity index (χ4v) is 5.81. The number of urea groups is 1. The number of halogens is 3. The second kappa shape index (κ2) is 7.73. The highest BCUT2D eigenvalue weighted by molar-refractivity contribution is 7.90. The van der Waals surface area contributed by atoms with Crippen LogP contribution in [0.15, 0.2) is 24.3 Å². The van der Waals surface area contributed by atoms with Gasteiger partial charge in [0.05, 0.1) is 11.6 Å². The SMILES string of the molecule is CC1C(S(=O)(=O)N2CCN(c3cccc(C(F)(F)F)c3)CC2)C(=O)N(C)C(=O)N1C. The Kier molecular flexibility index (Phi) is 5.76. The Labute approximate surface area is 172 Å². The Morgan fingerprint density at radius 2 is 1.63 bits per heavy atom. The zero-order valence-electron chi connectivity index (χ0n) is 16.8. The van der Waals surface area contributed by atoms with E-state index in [0.29, 0.717) is 5.69 Å². The van der Waals surface area contributed by atoms with Gasteiger partial charge in [-0.3, -0.25) is 9.69 Å². The Morgan fingerprint density at radius 1 is 1.03 bits per heavy atom. The number of alkyl halides is 3. The molecule has 8 nitrogen and oxygen atoms in total. The molecule has 2 aliphatic heterocycles. The molecule has 1 aromatic rings. The van der Waals surface area contributed by atoms with Crippen molar-refractivity contribution in [3.8, 4) is 0 Å². The van der Waals surface area contributed by atoms with Crippen LogP contribution in [0.1, 0.15) is 12.5 Å². The molecule has 0 aliphatic carbocycles. The summed E-state index contributed by atoms with van der Waals surface area (Å²) < 4.78 is 66.4. The molecule has 3 amide bonds. The highest BCUT2D eigenvalue weighted by atomic mass is 32.2. The number of hydrogen-bond donors (Lipinski definition) is 0. The van der Waals surface area contributed by atoms with Gasteiger partial charge >= 0.3 is 12.2 Å². The molecule has 30 heavy (non-hydrogen) atoms. The molecule has 3 rings (SSSR count). The quantitative estimate of drug-likeness (QED) is 0.699. The highest BCUT2D eigenvalue weighted by Gasteiger charge is 2.50. The van der Waals surface area contributed by atoms with Gasteiger partial charge in [-0.15, -0.1) is 0 Å². The second-order valence-electron chi connectivity index (χ2n) is 7.43. The summed E-state index contributed by atoms with van der Waals surface area (Å²) in [5.74, 6) is -0.786. The summed E-state index contributed by atoms with van der Waals surface area (Å²) in [7, 11) is -1.40. The number of imide groups is 1. The van der Waals surface area contributed by atoms with Crippen LogP contribution in [0.5, 0.6) is 0 Å². The van der Waals surface area contributed by atoms with E-state index in [4.69, 9.17) is 0 Å². The molecule has 0 radical (unpaired) electrons. The summed E-state index contributed by atoms with van der Waals surface area (Å²) in [5.41, 5.74) is -0.415. The number of benzene rings is 1. The Morgan fingerprint density at radius 3 is 2.20 bits per heavy atom. The number of piperazine rings is 1. The third-order valence-corrected chi connectivity index (χ3v) is 7.99. The van der Waals surface area contributed by atoms with Crippen LogP contribution < -0.4 is 4.90 Å². The lowest BCUT2D eigenvalue weighted by molar-refractivity contribution is -0.137. The van der Waals surface area contributed by atoms with E-state index >= 15 is 0 Å². The normalized spacial score (nSPS) is 24.5. The molecule has 0 saturated carbocycles. The molecule has 0 bridgehead atoms. The summed E-state index contributed by atoms with van der Waals surface area (Å²) in [5, 5.41) is -1.43. The number of anilines is 1. The Hall–Kier alpha value is -2.34. The van der Waals surface area contributed by atoms with Gasteiger partial charge in [-0.2, -0.15) is 17.5 Å². The largest absolute Gasteiger partial charge is 0.416 e. The van der Waals surface area contributed by atoms with Gasteiger partial charge in [0.15, 0.2) is 5.25 Å². The minimum atomic E-state index is -4.46. The van der Waals surface area contributed by atoms with E-state index in [1.54, 1.807) is 11.0 Å². The maximum atomic E-state index is 13.2. The molecule has 2 heterocycles. The predicted octanol–water partition coefficient (Wildman–Crippen LogP) is 1.44. The van der Waals surface area contributed by atoms with Gasteiger partial charge in [0, 0.05) is 46.0 Å². The van der Waals surface area contributed by atoms with Crippen LogP contribution in [-0.4, -0.2) is 86.0 Å². The van der Waals surface area contributed by atoms with Crippen LogP contribution in [0.25, 0.3) is 0 Å². The first-order chi connectivity index (χ1) is 13.9. The van der Waals surface area contributed by atoms with Crippen LogP contribution in [0.3, 0.4) is 0 Å². The first-order valence-corrected chi connectivity index (χ1v) is 10.8. The fourth-order valence-electron chi connectivity index (χ4n) is 3.72. The van der Waals surface area contributed by atoms with E-state index in [2.05, 4.69) is 0 Å². The molecular formula is C18H23F3N4O4S. The number of rotatable bonds is 3. The summed E-state index contributed by atoms with van der Waals surface area (Å²) in [4.78, 5) is 28.3. The minimum absolute atomic E-state index is 0.0243. The maximum Gasteiger partial charge on any atom is 0.416 e. The van der Waals surface area contributed by atoms with Crippen LogP contribution in [0.2, 0.25) is 0 Å². The molecule has 0 N–H and O–H groups in total. The molecule has 2 fully saturated rings. The number of hydrogen-bond acceptors (Lipinski definition) is 5. The van der Waals surface area contributed by atoms with E-state index in [-0.39, 0.29) is 26.2 Å². The molecule has 0 spiro atoms. The standard InChI is InChI=1S/C18H23F3N4O4S/c1-12-15(16(26)23(3)17(27)22(12)2)30(28,29)25-9-7-24(8-10-25)14-6-4-5-13(11-14)18(19,20)21/h4-6,11-12,15H,7-10H2,1-3H3. The van der Waals surface area contributed by atoms with Gasteiger partial charge < -0.3 is 9.80 Å². The molecule has 0 aromatic heterocycles. The number of carbonyl (C=O) groups excluding carboxylic acids is 2. The summed E-state index contributed by atoms with van der Waals surface area (Å²) in [6, 6.07) is 3.45. The molecule has 12 heteroatoms. The number of nitrogens with zero attached hydrogens (tertiary/aromatic N) is 4. The molecule has 2 unspecified atom stereocenters. The van der Waals surface area contributed by atoms with Crippen LogP contribution in [0, 0.1) is 0 Å². The average molecular weight is 448 g/mol. The number of sulfonamides is 1. The average Bonchev–Trinajstić information content (AvgIpc) is 2.70. The molecular weight excluding hydrogens is 425 g/mol. The third kappa shape index (κ3) is 3.85. The molecule has 1 aromatic carbocycles. The van der Waals surface area contributed by atoms with Gasteiger partial charge in [-0.05, 0) is 25.1 Å². The molecule has 2 saturated heterocycles. The van der Waals surface area contributed by atoms with Gasteiger partial charge in [0.25, 0.3) is 5.91 Å². The minimum Gasteiger partial charge on any atom is -0.369 e. The molecule has 166 valence electrons. The predicted molar refractivity (Wildman–Crippen MR) is 103 cm³/mol. The first kappa shape index (κ1) is 22.3. The van der Waals surface area contributed by atoms with Gasteiger partial charge in [0.1, 0.15) is 0 Å². The van der Waals surface area contributed by atoms with E-state index in [9.17, 15) is 31.2 Å². The van der Waals surface area contributed by atoms with Crippen molar-refractivity contribution in [2.45, 2.75) is 24.4 Å². The van der Waals surface area contributed by atoms with Crippen molar-refractivity contribution in [2.75, 3.05) is 45.2 Å². The topological polar surface area (TPSA) is 81.2 Å². The zero-order chi connectivity index (χ0) is 22.4. The lowest BCUT2D eigenvalue weighted by atomic mass is 10.1. The van der Waals surface area contributed by atoms with Crippen molar-refractivity contribution < 1.29 is 31.2 Å². The van der Waals surface area contributed by atoms with Gasteiger partial charge in [-0.1, -0.05) is 6.07 Å². The lowest BCUT2D eigenvalue weighted by Gasteiger charge is -2.43. The summed E-state index contributed by atoms with van der Waals surface area (Å²) >= 11 is 0. The van der Waals surface area contributed by atoms with Crippen molar-refractivity contribution in [2.24, 2.45) is 0 Å². The van der Waals surface area contributed by atoms with Crippen LogP contribution in [-0.2, 0) is 21.0 Å². The fraction of sp³-hybridized carbons (Fsp3) is 0.556. The monoisotopic (exact) mass is 448 g/mol. The van der Waals surface area contributed by atoms with Crippen LogP contribution in [0.4, 0.5) is 23.7 Å². The Bertz CT molecular complexity index is 945. The Balaban J connectivity index is 1.76.